The van der Waals surface area contributed by atoms with Gasteiger partial charge in [-0.05, 0) is 48.1 Å². The molecule has 0 radical (unpaired) electrons. The predicted molar refractivity (Wildman–Crippen MR) is 135 cm³/mol. The van der Waals surface area contributed by atoms with E-state index in [0.29, 0.717) is 19.7 Å². The van der Waals surface area contributed by atoms with Gasteiger partial charge in [0.1, 0.15) is 6.61 Å². The zero-order chi connectivity index (χ0) is 24.5. The average molecular weight is 477 g/mol. The van der Waals surface area contributed by atoms with E-state index in [1.54, 1.807) is 16.5 Å². The van der Waals surface area contributed by atoms with Gasteiger partial charge in [-0.1, -0.05) is 42.5 Å². The summed E-state index contributed by atoms with van der Waals surface area (Å²) in [6.45, 7) is 4.08. The van der Waals surface area contributed by atoms with Gasteiger partial charge in [0.25, 0.3) is 5.91 Å². The minimum Gasteiger partial charge on any atom is -0.448 e. The number of rotatable bonds is 10. The molecule has 2 aromatic carbocycles. The molecule has 184 valence electrons. The molecule has 35 heavy (non-hydrogen) atoms. The standard InChI is InChI=1S/C27H32N4O4/c32-26(29-34)12-11-21-7-9-22(10-8-21)20-30(17-18-35-27(33)31-14-3-4-15-31)16-13-23-19-28-25-6-2-1-5-24(23)25/h1-2,5-12,19,28,34H,3-4,13-18,20H2,(H,29,32). The quantitative estimate of drug-likeness (QED) is 0.234. The number of aromatic nitrogens is 1. The Hall–Kier alpha value is -3.62. The number of hydroxylamine groups is 1. The molecule has 0 bridgehead atoms. The lowest BCUT2D eigenvalue weighted by Crippen LogP contribution is -2.33. The van der Waals surface area contributed by atoms with E-state index < -0.39 is 5.91 Å². The maximum absolute atomic E-state index is 12.3. The van der Waals surface area contributed by atoms with E-state index in [0.717, 1.165) is 55.5 Å². The number of ether oxygens (including phenoxy) is 1. The third-order valence-corrected chi connectivity index (χ3v) is 6.29. The molecule has 4 rings (SSSR count). The van der Waals surface area contributed by atoms with Crippen molar-refractivity contribution in [3.63, 3.8) is 0 Å². The van der Waals surface area contributed by atoms with Gasteiger partial charge < -0.3 is 14.6 Å². The first-order valence-corrected chi connectivity index (χ1v) is 12.0. The fourth-order valence-electron chi connectivity index (χ4n) is 4.34. The molecule has 0 unspecified atom stereocenters. The minimum atomic E-state index is -0.569. The topological polar surface area (TPSA) is 97.9 Å². The summed E-state index contributed by atoms with van der Waals surface area (Å²) in [5.41, 5.74) is 5.97. The Labute approximate surface area is 205 Å². The first-order valence-electron chi connectivity index (χ1n) is 12.0. The molecule has 1 saturated heterocycles. The van der Waals surface area contributed by atoms with Crippen molar-refractivity contribution in [1.29, 1.82) is 0 Å². The Balaban J connectivity index is 1.38. The maximum Gasteiger partial charge on any atom is 0.409 e. The molecule has 0 saturated carbocycles. The summed E-state index contributed by atoms with van der Waals surface area (Å²) >= 11 is 0. The molecule has 0 atom stereocenters. The van der Waals surface area contributed by atoms with E-state index in [4.69, 9.17) is 9.94 Å². The van der Waals surface area contributed by atoms with Crippen LogP contribution in [0.15, 0.2) is 60.8 Å². The Morgan fingerprint density at radius 1 is 1.09 bits per heavy atom. The molecule has 8 nitrogen and oxygen atoms in total. The normalized spacial score (nSPS) is 13.7. The number of carbonyl (C=O) groups is 2. The molecule has 8 heteroatoms. The number of likely N-dealkylation sites (tertiary alicyclic amines) is 1. The largest absolute Gasteiger partial charge is 0.448 e. The van der Waals surface area contributed by atoms with Crippen LogP contribution in [0.3, 0.4) is 0 Å². The summed E-state index contributed by atoms with van der Waals surface area (Å²) < 4.78 is 5.56. The highest BCUT2D eigenvalue weighted by molar-refractivity contribution is 5.90. The number of H-pyrrole nitrogens is 1. The molecule has 3 N–H and O–H groups in total. The van der Waals surface area contributed by atoms with Crippen LogP contribution in [0.25, 0.3) is 17.0 Å². The Morgan fingerprint density at radius 3 is 2.63 bits per heavy atom. The van der Waals surface area contributed by atoms with Gasteiger partial charge in [-0.25, -0.2) is 10.3 Å². The zero-order valence-electron chi connectivity index (χ0n) is 19.8. The van der Waals surface area contributed by atoms with E-state index >= 15 is 0 Å². The first-order chi connectivity index (χ1) is 17.1. The van der Waals surface area contributed by atoms with E-state index in [9.17, 15) is 9.59 Å². The molecule has 1 fully saturated rings. The Kier molecular flexibility index (Phi) is 8.53. The Morgan fingerprint density at radius 2 is 1.86 bits per heavy atom. The number of nitrogens with one attached hydrogen (secondary N) is 2. The number of hydrogen-bond donors (Lipinski definition) is 3. The van der Waals surface area contributed by atoms with Gasteiger partial charge in [0.2, 0.25) is 0 Å². The monoisotopic (exact) mass is 476 g/mol. The number of para-hydroxylation sites is 1. The van der Waals surface area contributed by atoms with Gasteiger partial charge in [-0.3, -0.25) is 14.9 Å². The van der Waals surface area contributed by atoms with Crippen LogP contribution in [0.5, 0.6) is 0 Å². The van der Waals surface area contributed by atoms with Crippen molar-refractivity contribution < 1.29 is 19.5 Å². The van der Waals surface area contributed by atoms with E-state index in [1.807, 2.05) is 30.3 Å². The molecule has 1 aliphatic rings. The summed E-state index contributed by atoms with van der Waals surface area (Å²) in [4.78, 5) is 30.9. The van der Waals surface area contributed by atoms with Crippen molar-refractivity contribution in [2.45, 2.75) is 25.8 Å². The second-order valence-corrected chi connectivity index (χ2v) is 8.75. The van der Waals surface area contributed by atoms with Crippen molar-refractivity contribution in [2.75, 3.05) is 32.8 Å². The van der Waals surface area contributed by atoms with Crippen molar-refractivity contribution >= 4 is 29.0 Å². The van der Waals surface area contributed by atoms with E-state index in [-0.39, 0.29) is 6.09 Å². The van der Waals surface area contributed by atoms with Crippen LogP contribution in [-0.2, 0) is 22.5 Å². The second kappa shape index (κ2) is 12.2. The number of fused-ring (bicyclic) bond motifs is 1. The smallest absolute Gasteiger partial charge is 0.409 e. The van der Waals surface area contributed by atoms with Gasteiger partial charge >= 0.3 is 6.09 Å². The number of carbonyl (C=O) groups excluding carboxylic acids is 2. The van der Waals surface area contributed by atoms with Crippen LogP contribution < -0.4 is 5.48 Å². The molecule has 0 spiro atoms. The molecular formula is C27H32N4O4. The molecule has 2 amide bonds. The van der Waals surface area contributed by atoms with Crippen molar-refractivity contribution in [2.24, 2.45) is 0 Å². The number of nitrogens with zero attached hydrogens (tertiary/aromatic N) is 2. The van der Waals surface area contributed by atoms with Gasteiger partial charge in [-0.15, -0.1) is 0 Å². The summed E-state index contributed by atoms with van der Waals surface area (Å²) in [6, 6.07) is 16.2. The second-order valence-electron chi connectivity index (χ2n) is 8.75. The van der Waals surface area contributed by atoms with E-state index in [1.165, 1.54) is 17.0 Å². The van der Waals surface area contributed by atoms with Gasteiger partial charge in [0, 0.05) is 55.9 Å². The number of benzene rings is 2. The van der Waals surface area contributed by atoms with Crippen LogP contribution in [0.1, 0.15) is 29.5 Å². The van der Waals surface area contributed by atoms with Gasteiger partial charge in [0.05, 0.1) is 0 Å². The highest BCUT2D eigenvalue weighted by atomic mass is 16.6. The number of hydrogen-bond acceptors (Lipinski definition) is 5. The van der Waals surface area contributed by atoms with Crippen LogP contribution >= 0.6 is 0 Å². The van der Waals surface area contributed by atoms with Gasteiger partial charge in [0.15, 0.2) is 0 Å². The predicted octanol–water partition coefficient (Wildman–Crippen LogP) is 3.96. The number of aromatic amines is 1. The first kappa shape index (κ1) is 24.5. The molecular weight excluding hydrogens is 444 g/mol. The highest BCUT2D eigenvalue weighted by Crippen LogP contribution is 2.19. The van der Waals surface area contributed by atoms with Crippen LogP contribution in [-0.4, -0.2) is 64.8 Å². The summed E-state index contributed by atoms with van der Waals surface area (Å²) in [6.07, 6.45) is 7.73. The fraction of sp³-hybridized carbons (Fsp3) is 0.333. The van der Waals surface area contributed by atoms with Crippen LogP contribution in [0.4, 0.5) is 4.79 Å². The fourth-order valence-corrected chi connectivity index (χ4v) is 4.34. The summed E-state index contributed by atoms with van der Waals surface area (Å²) in [7, 11) is 0. The van der Waals surface area contributed by atoms with E-state index in [2.05, 4.69) is 34.3 Å². The van der Waals surface area contributed by atoms with Gasteiger partial charge in [-0.2, -0.15) is 0 Å². The maximum atomic E-state index is 12.3. The van der Waals surface area contributed by atoms with Crippen molar-refractivity contribution in [3.05, 3.63) is 77.5 Å². The Bertz CT molecular complexity index is 1150. The lowest BCUT2D eigenvalue weighted by molar-refractivity contribution is -0.124. The van der Waals surface area contributed by atoms with Crippen molar-refractivity contribution in [3.8, 4) is 0 Å². The minimum absolute atomic E-state index is 0.220. The molecule has 1 aromatic heterocycles. The lowest BCUT2D eigenvalue weighted by atomic mass is 10.1. The van der Waals surface area contributed by atoms with Crippen LogP contribution in [0, 0.1) is 0 Å². The molecule has 1 aliphatic heterocycles. The zero-order valence-corrected chi connectivity index (χ0v) is 19.8. The van der Waals surface area contributed by atoms with Crippen molar-refractivity contribution in [1.82, 2.24) is 20.3 Å². The highest BCUT2D eigenvalue weighted by Gasteiger charge is 2.19. The molecule has 2 heterocycles. The lowest BCUT2D eigenvalue weighted by Gasteiger charge is -2.23. The third kappa shape index (κ3) is 6.94. The SMILES string of the molecule is O=C(C=Cc1ccc(CN(CCOC(=O)N2CCCC2)CCc2c[nH]c3ccccc23)cc1)NO. The van der Waals surface area contributed by atoms with Crippen LogP contribution in [0.2, 0.25) is 0 Å². The number of amides is 2. The summed E-state index contributed by atoms with van der Waals surface area (Å²) in [5.74, 6) is -0.569. The molecule has 3 aromatic rings. The molecule has 0 aliphatic carbocycles. The third-order valence-electron chi connectivity index (χ3n) is 6.29. The average Bonchev–Trinajstić information content (AvgIpc) is 3.57. The summed E-state index contributed by atoms with van der Waals surface area (Å²) in [5, 5.41) is 9.84.